The average Bonchev–Trinajstić information content (AvgIpc) is 2.37. The first-order valence-corrected chi connectivity index (χ1v) is 5.80. The number of nitro benzene ring substituents is 1. The molecule has 0 aliphatic carbocycles. The molecule has 0 bridgehead atoms. The van der Waals surface area contributed by atoms with Gasteiger partial charge in [-0.25, -0.2) is 0 Å². The van der Waals surface area contributed by atoms with Crippen molar-refractivity contribution in [3.63, 3.8) is 0 Å². The van der Waals surface area contributed by atoms with Crippen LogP contribution >= 0.6 is 0 Å². The van der Waals surface area contributed by atoms with Crippen LogP contribution < -0.4 is 10.6 Å². The molecule has 2 rings (SSSR count). The number of nitro groups is 1. The van der Waals surface area contributed by atoms with E-state index in [2.05, 4.69) is 0 Å². The molecule has 100 valence electrons. The van der Waals surface area contributed by atoms with Crippen molar-refractivity contribution < 1.29 is 14.5 Å². The van der Waals surface area contributed by atoms with Gasteiger partial charge >= 0.3 is 0 Å². The van der Waals surface area contributed by atoms with Crippen molar-refractivity contribution in [1.82, 2.24) is 0 Å². The molecule has 2 amide bonds. The number of nitrogens with two attached hydrogens (primary N) is 1. The number of nitrogens with zero attached hydrogens (tertiary/aromatic N) is 2. The number of rotatable bonds is 3. The van der Waals surface area contributed by atoms with Crippen LogP contribution in [0.3, 0.4) is 0 Å². The first kappa shape index (κ1) is 13.0. The maximum absolute atomic E-state index is 11.9. The van der Waals surface area contributed by atoms with Gasteiger partial charge in [-0.2, -0.15) is 0 Å². The number of fused-ring (bicyclic) bond motifs is 1. The van der Waals surface area contributed by atoms with Gasteiger partial charge in [0.15, 0.2) is 0 Å². The van der Waals surface area contributed by atoms with E-state index in [1.165, 1.54) is 30.0 Å². The van der Waals surface area contributed by atoms with Gasteiger partial charge in [0, 0.05) is 24.2 Å². The number of hydrogen-bond donors (Lipinski definition) is 1. The molecule has 0 aromatic heterocycles. The molecule has 0 spiro atoms. The highest BCUT2D eigenvalue weighted by atomic mass is 16.6. The molecular weight excluding hydrogens is 250 g/mol. The number of anilines is 1. The lowest BCUT2D eigenvalue weighted by atomic mass is 9.99. The summed E-state index contributed by atoms with van der Waals surface area (Å²) in [7, 11) is 0. The van der Waals surface area contributed by atoms with Gasteiger partial charge in [0.2, 0.25) is 11.8 Å². The number of carbonyl (C=O) groups excluding carboxylic acids is 2. The van der Waals surface area contributed by atoms with E-state index in [1.54, 1.807) is 0 Å². The molecule has 7 heteroatoms. The fourth-order valence-corrected chi connectivity index (χ4v) is 2.17. The number of amides is 2. The summed E-state index contributed by atoms with van der Waals surface area (Å²) in [6.45, 7) is 1.54. The van der Waals surface area contributed by atoms with E-state index in [1.807, 2.05) is 0 Å². The van der Waals surface area contributed by atoms with E-state index in [0.29, 0.717) is 17.7 Å². The first-order valence-electron chi connectivity index (χ1n) is 5.80. The predicted octanol–water partition coefficient (Wildman–Crippen LogP) is 0.748. The van der Waals surface area contributed by atoms with Gasteiger partial charge in [-0.15, -0.1) is 0 Å². The molecule has 7 nitrogen and oxygen atoms in total. The second-order valence-electron chi connectivity index (χ2n) is 4.41. The van der Waals surface area contributed by atoms with Gasteiger partial charge in [-0.3, -0.25) is 24.6 Å². The van der Waals surface area contributed by atoms with Crippen molar-refractivity contribution >= 4 is 23.2 Å². The highest BCUT2D eigenvalue weighted by molar-refractivity contribution is 6.02. The molecule has 1 atom stereocenters. The van der Waals surface area contributed by atoms with Crippen molar-refractivity contribution in [2.24, 2.45) is 5.73 Å². The number of hydrogen-bond acceptors (Lipinski definition) is 4. The maximum atomic E-state index is 11.9. The fraction of sp³-hybridized carbons (Fsp3) is 0.333. The summed E-state index contributed by atoms with van der Waals surface area (Å²) in [6, 6.07) is 3.47. The summed E-state index contributed by atoms with van der Waals surface area (Å²) in [4.78, 5) is 34.7. The topological polar surface area (TPSA) is 107 Å². The minimum Gasteiger partial charge on any atom is -0.368 e. The SMILES string of the molecule is CC(C(N)=O)N1C(=O)CCc2cc([N+](=O)[O-])ccc21. The Balaban J connectivity index is 2.48. The lowest BCUT2D eigenvalue weighted by molar-refractivity contribution is -0.384. The Hall–Kier alpha value is -2.44. The minimum absolute atomic E-state index is 0.0280. The largest absolute Gasteiger partial charge is 0.368 e. The molecule has 2 N–H and O–H groups in total. The molecule has 1 unspecified atom stereocenters. The number of carbonyl (C=O) groups is 2. The van der Waals surface area contributed by atoms with E-state index in [4.69, 9.17) is 5.73 Å². The zero-order valence-electron chi connectivity index (χ0n) is 10.3. The number of non-ortho nitro benzene ring substituents is 1. The fourth-order valence-electron chi connectivity index (χ4n) is 2.17. The summed E-state index contributed by atoms with van der Waals surface area (Å²) in [5, 5.41) is 10.7. The van der Waals surface area contributed by atoms with E-state index in [9.17, 15) is 19.7 Å². The minimum atomic E-state index is -0.770. The van der Waals surface area contributed by atoms with Gasteiger partial charge in [-0.05, 0) is 25.0 Å². The highest BCUT2D eigenvalue weighted by Crippen LogP contribution is 2.32. The van der Waals surface area contributed by atoms with Crippen molar-refractivity contribution in [2.45, 2.75) is 25.8 Å². The maximum Gasteiger partial charge on any atom is 0.269 e. The molecule has 19 heavy (non-hydrogen) atoms. The van der Waals surface area contributed by atoms with E-state index in [0.717, 1.165) is 0 Å². The van der Waals surface area contributed by atoms with Gasteiger partial charge < -0.3 is 5.73 Å². The van der Waals surface area contributed by atoms with Gasteiger partial charge in [0.1, 0.15) is 6.04 Å². The average molecular weight is 263 g/mol. The molecule has 1 aliphatic heterocycles. The van der Waals surface area contributed by atoms with Crippen LogP contribution in [0, 0.1) is 10.1 Å². The molecule has 0 saturated carbocycles. The Morgan fingerprint density at radius 2 is 2.16 bits per heavy atom. The zero-order chi connectivity index (χ0) is 14.2. The van der Waals surface area contributed by atoms with Crippen molar-refractivity contribution in [1.29, 1.82) is 0 Å². The van der Waals surface area contributed by atoms with Crippen LogP contribution in [0.5, 0.6) is 0 Å². The number of primary amides is 1. The summed E-state index contributed by atoms with van der Waals surface area (Å²) in [5.41, 5.74) is 6.40. The van der Waals surface area contributed by atoms with Crippen molar-refractivity contribution in [3.8, 4) is 0 Å². The van der Waals surface area contributed by atoms with Gasteiger partial charge in [-0.1, -0.05) is 0 Å². The molecular formula is C12H13N3O4. The third kappa shape index (κ3) is 2.26. The third-order valence-electron chi connectivity index (χ3n) is 3.21. The van der Waals surface area contributed by atoms with Gasteiger partial charge in [0.25, 0.3) is 5.69 Å². The van der Waals surface area contributed by atoms with Crippen molar-refractivity contribution in [2.75, 3.05) is 4.90 Å². The van der Waals surface area contributed by atoms with E-state index < -0.39 is 16.9 Å². The molecule has 1 aromatic rings. The van der Waals surface area contributed by atoms with Crippen LogP contribution in [0.4, 0.5) is 11.4 Å². The Labute approximate surface area is 109 Å². The first-order chi connectivity index (χ1) is 8.91. The normalized spacial score (nSPS) is 15.8. The van der Waals surface area contributed by atoms with Crippen molar-refractivity contribution in [3.05, 3.63) is 33.9 Å². The monoisotopic (exact) mass is 263 g/mol. The second kappa shape index (κ2) is 4.68. The summed E-state index contributed by atoms with van der Waals surface area (Å²) < 4.78 is 0. The van der Waals surface area contributed by atoms with Crippen LogP contribution in [-0.4, -0.2) is 22.8 Å². The van der Waals surface area contributed by atoms with Crippen LogP contribution in [-0.2, 0) is 16.0 Å². The van der Waals surface area contributed by atoms with Crippen LogP contribution in [0.2, 0.25) is 0 Å². The third-order valence-corrected chi connectivity index (χ3v) is 3.21. The summed E-state index contributed by atoms with van der Waals surface area (Å²) >= 11 is 0. The molecule has 0 fully saturated rings. The standard InChI is InChI=1S/C12H13N3O4/c1-7(12(13)17)14-10-4-3-9(15(18)19)6-8(10)2-5-11(14)16/h3-4,6-7H,2,5H2,1H3,(H2,13,17). The Kier molecular flexibility index (Phi) is 3.20. The Bertz CT molecular complexity index is 570. The molecule has 0 radical (unpaired) electrons. The smallest absolute Gasteiger partial charge is 0.269 e. The predicted molar refractivity (Wildman–Crippen MR) is 67.6 cm³/mol. The number of aryl methyl sites for hydroxylation is 1. The number of benzene rings is 1. The van der Waals surface area contributed by atoms with Crippen LogP contribution in [0.1, 0.15) is 18.9 Å². The Morgan fingerprint density at radius 1 is 1.47 bits per heavy atom. The summed E-state index contributed by atoms with van der Waals surface area (Å²) in [6.07, 6.45) is 0.642. The highest BCUT2D eigenvalue weighted by Gasteiger charge is 2.31. The van der Waals surface area contributed by atoms with Crippen LogP contribution in [0.15, 0.2) is 18.2 Å². The van der Waals surface area contributed by atoms with E-state index >= 15 is 0 Å². The Morgan fingerprint density at radius 3 is 2.74 bits per heavy atom. The second-order valence-corrected chi connectivity index (χ2v) is 4.41. The molecule has 1 aromatic carbocycles. The van der Waals surface area contributed by atoms with Gasteiger partial charge in [0.05, 0.1) is 4.92 Å². The molecule has 1 heterocycles. The van der Waals surface area contributed by atoms with Crippen LogP contribution in [0.25, 0.3) is 0 Å². The lowest BCUT2D eigenvalue weighted by Crippen LogP contribution is -2.48. The lowest BCUT2D eigenvalue weighted by Gasteiger charge is -2.32. The molecule has 0 saturated heterocycles. The zero-order valence-corrected chi connectivity index (χ0v) is 10.3. The quantitative estimate of drug-likeness (QED) is 0.641. The summed E-state index contributed by atoms with van der Waals surface area (Å²) in [5.74, 6) is -0.813. The van der Waals surface area contributed by atoms with E-state index in [-0.39, 0.29) is 18.0 Å². The molecule has 1 aliphatic rings.